The summed E-state index contributed by atoms with van der Waals surface area (Å²) in [5.41, 5.74) is 1.36. The second-order valence-corrected chi connectivity index (χ2v) is 3.47. The Bertz CT molecular complexity index is 374. The molecule has 1 aliphatic heterocycles. The monoisotopic (exact) mass is 194 g/mol. The van der Waals surface area contributed by atoms with Crippen LogP contribution in [-0.2, 0) is 9.53 Å². The first kappa shape index (κ1) is 9.19. The van der Waals surface area contributed by atoms with Crippen molar-refractivity contribution in [1.29, 1.82) is 0 Å². The van der Waals surface area contributed by atoms with Crippen molar-refractivity contribution < 1.29 is 13.9 Å². The molecule has 1 aromatic rings. The van der Waals surface area contributed by atoms with E-state index in [9.17, 15) is 9.18 Å². The molecule has 74 valence electrons. The molecule has 0 saturated carbocycles. The minimum absolute atomic E-state index is 0.196. The number of rotatable bonds is 1. The quantitative estimate of drug-likeness (QED) is 0.642. The second kappa shape index (κ2) is 3.40. The highest BCUT2D eigenvalue weighted by Crippen LogP contribution is 2.31. The zero-order valence-electron chi connectivity index (χ0n) is 7.92. The van der Waals surface area contributed by atoms with Crippen molar-refractivity contribution in [2.45, 2.75) is 25.9 Å². The Morgan fingerprint density at radius 3 is 2.93 bits per heavy atom. The molecule has 0 amide bonds. The van der Waals surface area contributed by atoms with E-state index < -0.39 is 0 Å². The normalized spacial score (nSPS) is 21.0. The van der Waals surface area contributed by atoms with E-state index in [0.29, 0.717) is 18.4 Å². The fourth-order valence-electron chi connectivity index (χ4n) is 1.72. The topological polar surface area (TPSA) is 26.3 Å². The van der Waals surface area contributed by atoms with E-state index in [0.717, 1.165) is 5.56 Å². The molecule has 0 aliphatic carbocycles. The van der Waals surface area contributed by atoms with Crippen LogP contribution in [0.25, 0.3) is 0 Å². The maximum absolute atomic E-state index is 13.2. The first-order valence-corrected chi connectivity index (χ1v) is 4.63. The van der Waals surface area contributed by atoms with E-state index in [1.165, 1.54) is 6.07 Å². The fraction of sp³-hybridized carbons (Fsp3) is 0.364. The van der Waals surface area contributed by atoms with E-state index in [1.807, 2.05) is 6.07 Å². The van der Waals surface area contributed by atoms with Crippen LogP contribution in [0, 0.1) is 12.7 Å². The van der Waals surface area contributed by atoms with Gasteiger partial charge in [-0.25, -0.2) is 4.39 Å². The summed E-state index contributed by atoms with van der Waals surface area (Å²) in [6.07, 6.45) is 0.835. The zero-order chi connectivity index (χ0) is 10.1. The molecule has 14 heavy (non-hydrogen) atoms. The van der Waals surface area contributed by atoms with Crippen molar-refractivity contribution in [3.8, 4) is 0 Å². The highest BCUT2D eigenvalue weighted by atomic mass is 19.1. The molecule has 0 unspecified atom stereocenters. The van der Waals surface area contributed by atoms with Crippen LogP contribution in [0.5, 0.6) is 0 Å². The minimum atomic E-state index is -0.252. The minimum Gasteiger partial charge on any atom is -0.457 e. The highest BCUT2D eigenvalue weighted by molar-refractivity contribution is 5.71. The van der Waals surface area contributed by atoms with Crippen LogP contribution < -0.4 is 0 Å². The average molecular weight is 194 g/mol. The lowest BCUT2D eigenvalue weighted by atomic mass is 10.0. The summed E-state index contributed by atoms with van der Waals surface area (Å²) in [6, 6.07) is 4.86. The predicted octanol–water partition coefficient (Wildman–Crippen LogP) is 2.51. The SMILES string of the molecule is Cc1c(F)cccc1[C@@H]1CCC(=O)O1. The third-order valence-electron chi connectivity index (χ3n) is 2.54. The molecule has 1 heterocycles. The Morgan fingerprint density at radius 2 is 2.29 bits per heavy atom. The fourth-order valence-corrected chi connectivity index (χ4v) is 1.72. The summed E-state index contributed by atoms with van der Waals surface area (Å²) in [5, 5.41) is 0. The first-order valence-electron chi connectivity index (χ1n) is 4.63. The lowest BCUT2D eigenvalue weighted by molar-refractivity contribution is -0.141. The molecule has 1 fully saturated rings. The van der Waals surface area contributed by atoms with Gasteiger partial charge >= 0.3 is 5.97 Å². The maximum Gasteiger partial charge on any atom is 0.306 e. The van der Waals surface area contributed by atoms with Crippen LogP contribution >= 0.6 is 0 Å². The molecule has 1 aromatic carbocycles. The molecule has 1 saturated heterocycles. The van der Waals surface area contributed by atoms with Gasteiger partial charge < -0.3 is 4.74 Å². The summed E-state index contributed by atoms with van der Waals surface area (Å²) in [5.74, 6) is -0.441. The van der Waals surface area contributed by atoms with Gasteiger partial charge in [-0.15, -0.1) is 0 Å². The van der Waals surface area contributed by atoms with E-state index in [4.69, 9.17) is 4.74 Å². The van der Waals surface area contributed by atoms with Gasteiger partial charge in [0.25, 0.3) is 0 Å². The second-order valence-electron chi connectivity index (χ2n) is 3.47. The van der Waals surface area contributed by atoms with Gasteiger partial charge in [0.1, 0.15) is 11.9 Å². The van der Waals surface area contributed by atoms with Crippen LogP contribution in [0.4, 0.5) is 4.39 Å². The third-order valence-corrected chi connectivity index (χ3v) is 2.54. The van der Waals surface area contributed by atoms with Crippen LogP contribution in [0.15, 0.2) is 18.2 Å². The number of cyclic esters (lactones) is 1. The van der Waals surface area contributed by atoms with Gasteiger partial charge in [-0.05, 0) is 30.5 Å². The van der Waals surface area contributed by atoms with Gasteiger partial charge in [0.05, 0.1) is 0 Å². The molecular formula is C11H11FO2. The van der Waals surface area contributed by atoms with Gasteiger partial charge in [-0.2, -0.15) is 0 Å². The predicted molar refractivity (Wildman–Crippen MR) is 49.2 cm³/mol. The van der Waals surface area contributed by atoms with Gasteiger partial charge in [0.15, 0.2) is 0 Å². The molecule has 0 spiro atoms. The first-order chi connectivity index (χ1) is 6.68. The highest BCUT2D eigenvalue weighted by Gasteiger charge is 2.26. The van der Waals surface area contributed by atoms with Gasteiger partial charge in [0.2, 0.25) is 0 Å². The molecule has 0 aromatic heterocycles. The molecule has 2 nitrogen and oxygen atoms in total. The van der Waals surface area contributed by atoms with Crippen LogP contribution in [-0.4, -0.2) is 5.97 Å². The Balaban J connectivity index is 2.32. The van der Waals surface area contributed by atoms with Crippen molar-refractivity contribution in [3.05, 3.63) is 35.1 Å². The van der Waals surface area contributed by atoms with Crippen LogP contribution in [0.1, 0.15) is 30.1 Å². The molecule has 0 radical (unpaired) electrons. The smallest absolute Gasteiger partial charge is 0.306 e. The standard InChI is InChI=1S/C11H11FO2/c1-7-8(3-2-4-9(7)12)10-5-6-11(13)14-10/h2-4,10H,5-6H2,1H3/t10-/m0/s1. The summed E-state index contributed by atoms with van der Waals surface area (Å²) < 4.78 is 18.3. The van der Waals surface area contributed by atoms with Crippen molar-refractivity contribution >= 4 is 5.97 Å². The molecule has 1 atom stereocenters. The van der Waals surface area contributed by atoms with Gasteiger partial charge in [-0.3, -0.25) is 4.79 Å². The van der Waals surface area contributed by atoms with E-state index in [1.54, 1.807) is 13.0 Å². The lowest BCUT2D eigenvalue weighted by Crippen LogP contribution is -2.02. The number of carbonyl (C=O) groups excluding carboxylic acids is 1. The van der Waals surface area contributed by atoms with Crippen molar-refractivity contribution in [1.82, 2.24) is 0 Å². The summed E-state index contributed by atoms with van der Waals surface area (Å²) in [7, 11) is 0. The molecule has 0 N–H and O–H groups in total. The van der Waals surface area contributed by atoms with Crippen LogP contribution in [0.3, 0.4) is 0 Å². The Hall–Kier alpha value is -1.38. The molecule has 0 bridgehead atoms. The van der Waals surface area contributed by atoms with Crippen LogP contribution in [0.2, 0.25) is 0 Å². The van der Waals surface area contributed by atoms with E-state index in [2.05, 4.69) is 0 Å². The molecular weight excluding hydrogens is 183 g/mol. The number of halogens is 1. The van der Waals surface area contributed by atoms with Gasteiger partial charge in [-0.1, -0.05) is 12.1 Å². The van der Waals surface area contributed by atoms with Crippen molar-refractivity contribution in [3.63, 3.8) is 0 Å². The zero-order valence-corrected chi connectivity index (χ0v) is 7.92. The van der Waals surface area contributed by atoms with Crippen molar-refractivity contribution in [2.24, 2.45) is 0 Å². The summed E-state index contributed by atoms with van der Waals surface area (Å²) in [4.78, 5) is 10.9. The largest absolute Gasteiger partial charge is 0.457 e. The number of ether oxygens (including phenoxy) is 1. The molecule has 2 rings (SSSR count). The lowest BCUT2D eigenvalue weighted by Gasteiger charge is -2.12. The number of benzene rings is 1. The number of hydrogen-bond donors (Lipinski definition) is 0. The number of carbonyl (C=O) groups is 1. The Morgan fingerprint density at radius 1 is 1.50 bits per heavy atom. The summed E-state index contributed by atoms with van der Waals surface area (Å²) in [6.45, 7) is 1.71. The van der Waals surface area contributed by atoms with E-state index >= 15 is 0 Å². The van der Waals surface area contributed by atoms with Gasteiger partial charge in [0, 0.05) is 6.42 Å². The number of hydrogen-bond acceptors (Lipinski definition) is 2. The average Bonchev–Trinajstić information content (AvgIpc) is 2.57. The Labute approximate surface area is 81.7 Å². The number of esters is 1. The molecule has 3 heteroatoms. The maximum atomic E-state index is 13.2. The Kier molecular flexibility index (Phi) is 2.23. The van der Waals surface area contributed by atoms with Crippen molar-refractivity contribution in [2.75, 3.05) is 0 Å². The molecule has 1 aliphatic rings. The third kappa shape index (κ3) is 1.50. The van der Waals surface area contributed by atoms with E-state index in [-0.39, 0.29) is 17.9 Å². The summed E-state index contributed by atoms with van der Waals surface area (Å²) >= 11 is 0.